The van der Waals surface area contributed by atoms with Crippen LogP contribution in [-0.2, 0) is 23.7 Å². The van der Waals surface area contributed by atoms with Crippen LogP contribution in [-0.4, -0.2) is 146 Å². The molecule has 378 valence electrons. The van der Waals surface area contributed by atoms with Gasteiger partial charge in [-0.3, -0.25) is 9.69 Å². The Hall–Kier alpha value is -7.43. The predicted molar refractivity (Wildman–Crippen MR) is 276 cm³/mol. The molecule has 19 nitrogen and oxygen atoms in total. The number of urea groups is 1. The van der Waals surface area contributed by atoms with E-state index in [4.69, 9.17) is 29.4 Å². The predicted octanol–water partition coefficient (Wildman–Crippen LogP) is 6.24. The number of ether oxygens (including phenoxy) is 5. The number of aromatic amines is 2. The van der Waals surface area contributed by atoms with Crippen LogP contribution in [0.2, 0.25) is 0 Å². The summed E-state index contributed by atoms with van der Waals surface area (Å²) < 4.78 is 42.2. The van der Waals surface area contributed by atoms with Crippen LogP contribution in [0.15, 0.2) is 111 Å². The second kappa shape index (κ2) is 24.6. The normalized spacial score (nSPS) is 15.3. The molecule has 1 fully saturated rings. The molecule has 0 aliphatic carbocycles. The first kappa shape index (κ1) is 50.9. The Morgan fingerprint density at radius 1 is 0.861 bits per heavy atom. The number of carbonyl (C=O) groups excluding carboxylic acids is 2. The lowest BCUT2D eigenvalue weighted by molar-refractivity contribution is -0.138. The fourth-order valence-corrected chi connectivity index (χ4v) is 9.04. The third kappa shape index (κ3) is 12.9. The van der Waals surface area contributed by atoms with Crippen molar-refractivity contribution in [2.75, 3.05) is 109 Å². The number of nitrogen functional groups attached to an aromatic ring is 1. The lowest BCUT2D eigenvalue weighted by Gasteiger charge is -2.36. The van der Waals surface area contributed by atoms with E-state index in [1.807, 2.05) is 36.4 Å². The van der Waals surface area contributed by atoms with Gasteiger partial charge in [0.1, 0.15) is 40.2 Å². The van der Waals surface area contributed by atoms with Crippen LogP contribution in [0, 0.1) is 5.82 Å². The first-order chi connectivity index (χ1) is 35.1. The van der Waals surface area contributed by atoms with Gasteiger partial charge in [-0.2, -0.15) is 0 Å². The largest absolute Gasteiger partial charge is 0.506 e. The van der Waals surface area contributed by atoms with Crippen molar-refractivity contribution in [2.45, 2.75) is 6.92 Å². The number of pyridine rings is 1. The number of para-hydroxylation sites is 1. The summed E-state index contributed by atoms with van der Waals surface area (Å²) in [5, 5.41) is 27.8. The zero-order valence-corrected chi connectivity index (χ0v) is 40.4. The van der Waals surface area contributed by atoms with E-state index in [1.165, 1.54) is 18.2 Å². The van der Waals surface area contributed by atoms with Crippen molar-refractivity contribution in [3.8, 4) is 22.9 Å². The fraction of sp³-hybridized carbons (Fsp3) is 0.314. The number of phenolic OH excluding ortho intramolecular Hbond substituents is 1. The number of rotatable bonds is 22. The molecule has 1 saturated heterocycles. The highest BCUT2D eigenvalue weighted by Gasteiger charge is 2.33. The van der Waals surface area contributed by atoms with Crippen LogP contribution in [0.1, 0.15) is 12.5 Å². The summed E-state index contributed by atoms with van der Waals surface area (Å²) in [6.07, 6.45) is 1.64. The zero-order valence-electron chi connectivity index (χ0n) is 39.6. The van der Waals surface area contributed by atoms with Gasteiger partial charge in [0.25, 0.3) is 5.56 Å². The Morgan fingerprint density at radius 3 is 2.35 bits per heavy atom. The molecular weight excluding hydrogens is 950 g/mol. The molecule has 2 aromatic heterocycles. The molecule has 4 heterocycles. The van der Waals surface area contributed by atoms with Crippen molar-refractivity contribution in [3.05, 3.63) is 123 Å². The van der Waals surface area contributed by atoms with Gasteiger partial charge >= 0.3 is 12.0 Å². The number of thioether (sulfide) groups is 1. The summed E-state index contributed by atoms with van der Waals surface area (Å²) in [6.45, 7) is 8.75. The van der Waals surface area contributed by atoms with Gasteiger partial charge in [-0.25, -0.2) is 24.0 Å². The highest BCUT2D eigenvalue weighted by molar-refractivity contribution is 8.18. The number of hydrogen-bond acceptors (Lipinski definition) is 16. The molecule has 21 heteroatoms. The van der Waals surface area contributed by atoms with E-state index in [1.54, 1.807) is 43.3 Å². The number of imidazole rings is 1. The number of aliphatic hydroxyl groups is 1. The maximum absolute atomic E-state index is 14.6. The maximum Gasteiger partial charge on any atom is 0.344 e. The highest BCUT2D eigenvalue weighted by Crippen LogP contribution is 2.41. The summed E-state index contributed by atoms with van der Waals surface area (Å²) >= 11 is 1.13. The van der Waals surface area contributed by atoms with Crippen LogP contribution in [0.5, 0.6) is 11.5 Å². The Kier molecular flexibility index (Phi) is 17.4. The number of nitrogens with two attached hydrogens (primary N) is 1. The number of anilines is 2. The maximum atomic E-state index is 14.6. The van der Waals surface area contributed by atoms with E-state index in [0.29, 0.717) is 84.9 Å². The Balaban J connectivity index is 0.645. The third-order valence-electron chi connectivity index (χ3n) is 11.6. The first-order valence-electron chi connectivity index (χ1n) is 23.5. The number of piperazine rings is 1. The number of phenols is 1. The number of carbonyl (C=O) groups is 2. The number of aromatic hydroxyl groups is 1. The molecule has 2 aliphatic heterocycles. The molecule has 8 rings (SSSR count). The SMILES string of the molecule is CCOC(=O)C1=C(O)/C(=C/c2ccc(OCCOCCOCCOCCNC(=O)NCCN3CCN(c4ccc5nc(-c6c(N)c7c(F)cccc7[nH]c6=O)[nH]c5c4)CC3)c(O)c2)SC1=Nc1ccccc1. The Bertz CT molecular complexity index is 3030. The number of aliphatic hydroxyl groups excluding tert-OH is 1. The van der Waals surface area contributed by atoms with E-state index < -0.39 is 17.3 Å². The van der Waals surface area contributed by atoms with Crippen LogP contribution < -0.4 is 31.6 Å². The van der Waals surface area contributed by atoms with Gasteiger partial charge in [-0.05, 0) is 73.2 Å². The van der Waals surface area contributed by atoms with Gasteiger partial charge in [-0.15, -0.1) is 0 Å². The fourth-order valence-electron chi connectivity index (χ4n) is 8.00. The second-order valence-electron chi connectivity index (χ2n) is 16.4. The van der Waals surface area contributed by atoms with E-state index in [0.717, 1.165) is 49.1 Å². The van der Waals surface area contributed by atoms with Gasteiger partial charge < -0.3 is 65.1 Å². The molecule has 2 aliphatic rings. The molecule has 0 unspecified atom stereocenters. The van der Waals surface area contributed by atoms with Gasteiger partial charge in [0.15, 0.2) is 11.5 Å². The lowest BCUT2D eigenvalue weighted by atomic mass is 10.1. The molecule has 2 amide bonds. The van der Waals surface area contributed by atoms with Gasteiger partial charge in [0.05, 0.1) is 84.5 Å². The number of H-pyrrole nitrogens is 2. The number of halogens is 1. The summed E-state index contributed by atoms with van der Waals surface area (Å²) in [6, 6.07) is 23.9. The number of nitrogens with one attached hydrogen (secondary N) is 4. The molecule has 8 N–H and O–H groups in total. The topological polar surface area (TPSA) is 251 Å². The molecule has 0 atom stereocenters. The summed E-state index contributed by atoms with van der Waals surface area (Å²) in [4.78, 5) is 58.0. The third-order valence-corrected chi connectivity index (χ3v) is 12.6. The second-order valence-corrected chi connectivity index (χ2v) is 17.5. The summed E-state index contributed by atoms with van der Waals surface area (Å²) in [7, 11) is 0. The quantitative estimate of drug-likeness (QED) is 0.0294. The van der Waals surface area contributed by atoms with E-state index >= 15 is 0 Å². The minimum absolute atomic E-state index is 0.0157. The minimum atomic E-state index is -0.675. The van der Waals surface area contributed by atoms with Crippen molar-refractivity contribution in [1.82, 2.24) is 30.5 Å². The summed E-state index contributed by atoms with van der Waals surface area (Å²) in [5.74, 6) is -1.02. The van der Waals surface area contributed by atoms with Crippen molar-refractivity contribution >= 4 is 73.9 Å². The average Bonchev–Trinajstić information content (AvgIpc) is 3.92. The lowest BCUT2D eigenvalue weighted by Crippen LogP contribution is -2.49. The first-order valence-corrected chi connectivity index (χ1v) is 24.3. The monoisotopic (exact) mass is 1010 g/mol. The number of aliphatic imine (C=N–C) groups is 1. The number of nitrogens with zero attached hydrogens (tertiary/aromatic N) is 4. The summed E-state index contributed by atoms with van der Waals surface area (Å²) in [5.41, 5.74) is 9.86. The van der Waals surface area contributed by atoms with Gasteiger partial charge in [0.2, 0.25) is 0 Å². The van der Waals surface area contributed by atoms with Crippen molar-refractivity contribution in [2.24, 2.45) is 4.99 Å². The number of aromatic nitrogens is 3. The molecule has 0 spiro atoms. The molecule has 0 saturated carbocycles. The van der Waals surface area contributed by atoms with Crippen molar-refractivity contribution in [1.29, 1.82) is 0 Å². The molecule has 72 heavy (non-hydrogen) atoms. The number of esters is 1. The average molecular weight is 1010 g/mol. The van der Waals surface area contributed by atoms with Crippen LogP contribution in [0.4, 0.5) is 26.2 Å². The Morgan fingerprint density at radius 2 is 1.60 bits per heavy atom. The Labute approximate surface area is 417 Å². The zero-order chi connectivity index (χ0) is 50.4. The molecule has 4 aromatic carbocycles. The van der Waals surface area contributed by atoms with Crippen molar-refractivity contribution < 1.29 is 47.9 Å². The van der Waals surface area contributed by atoms with Crippen LogP contribution >= 0.6 is 11.8 Å². The van der Waals surface area contributed by atoms with Crippen LogP contribution in [0.3, 0.4) is 0 Å². The number of amides is 2. The van der Waals surface area contributed by atoms with E-state index in [2.05, 4.69) is 40.4 Å². The van der Waals surface area contributed by atoms with E-state index in [9.17, 15) is 29.0 Å². The van der Waals surface area contributed by atoms with Crippen molar-refractivity contribution in [3.63, 3.8) is 0 Å². The highest BCUT2D eigenvalue weighted by atomic mass is 32.2. The minimum Gasteiger partial charge on any atom is -0.506 e. The molecule has 6 aromatic rings. The van der Waals surface area contributed by atoms with E-state index in [-0.39, 0.29) is 71.1 Å². The van der Waals surface area contributed by atoms with Crippen LogP contribution in [0.25, 0.3) is 39.4 Å². The molecule has 0 radical (unpaired) electrons. The van der Waals surface area contributed by atoms with Gasteiger partial charge in [0, 0.05) is 51.5 Å². The standard InChI is InChI=1S/C51H56FN9O10S/c1-2-70-50(65)44-46(63)41(72-49(44)56-33-7-4-3-5-8-33)30-32-11-14-40(39(62)29-32)71-28-27-69-26-25-68-24-23-67-22-16-55-51(66)54-15-17-60-18-20-61(21-19-60)34-12-13-36-38(31-34)58-47(57-36)43-45(53)42-35(52)9-6-10-37(42)59-48(43)64/h3-14,29-31,62-63H,2,15-28H2,1H3,(H,57,58)(H3,53,59,64)(H2,54,55,66)/b41-30-,56-49?. The van der Waals surface area contributed by atoms with Gasteiger partial charge in [-0.1, -0.05) is 42.1 Å². The number of benzene rings is 4. The molecule has 0 bridgehead atoms. The number of hydrogen-bond donors (Lipinski definition) is 7. The number of fused-ring (bicyclic) bond motifs is 2. The molecular formula is C51H56FN9O10S. The smallest absolute Gasteiger partial charge is 0.344 e.